The lowest BCUT2D eigenvalue weighted by Gasteiger charge is -2.28. The van der Waals surface area contributed by atoms with E-state index in [4.69, 9.17) is 9.26 Å². The van der Waals surface area contributed by atoms with Gasteiger partial charge in [-0.25, -0.2) is 8.78 Å². The summed E-state index contributed by atoms with van der Waals surface area (Å²) in [6.07, 6.45) is -1.17. The summed E-state index contributed by atoms with van der Waals surface area (Å²) in [6, 6.07) is 0. The maximum Gasteiger partial charge on any atom is 0.261 e. The van der Waals surface area contributed by atoms with Crippen LogP contribution in [0.2, 0.25) is 0 Å². The van der Waals surface area contributed by atoms with Crippen LogP contribution < -0.4 is 5.32 Å². The van der Waals surface area contributed by atoms with Gasteiger partial charge in [0, 0.05) is 6.42 Å². The molecule has 0 saturated carbocycles. The minimum absolute atomic E-state index is 0.100. The molecule has 1 aliphatic heterocycles. The lowest BCUT2D eigenvalue weighted by molar-refractivity contribution is -0.0228. The van der Waals surface area contributed by atoms with Crippen molar-refractivity contribution in [3.05, 3.63) is 11.7 Å². The van der Waals surface area contributed by atoms with Crippen LogP contribution in [0.5, 0.6) is 0 Å². The Morgan fingerprint density at radius 2 is 2.16 bits per heavy atom. The number of aromatic nitrogens is 2. The molecule has 1 saturated heterocycles. The fourth-order valence-electron chi connectivity index (χ4n) is 1.93. The van der Waals surface area contributed by atoms with Crippen LogP contribution in [0, 0.1) is 0 Å². The molecular formula is C11H17F2N3O3. The van der Waals surface area contributed by atoms with E-state index in [1.54, 1.807) is 0 Å². The second-order valence-corrected chi connectivity index (χ2v) is 4.51. The van der Waals surface area contributed by atoms with Crippen LogP contribution in [0.1, 0.15) is 24.6 Å². The van der Waals surface area contributed by atoms with Gasteiger partial charge in [0.2, 0.25) is 0 Å². The highest BCUT2D eigenvalue weighted by atomic mass is 19.3. The van der Waals surface area contributed by atoms with Crippen molar-refractivity contribution < 1.29 is 23.1 Å². The second-order valence-electron chi connectivity index (χ2n) is 4.51. The summed E-state index contributed by atoms with van der Waals surface area (Å²) in [4.78, 5) is 4.10. The number of aliphatic hydroxyl groups is 1. The molecule has 0 aliphatic carbocycles. The van der Waals surface area contributed by atoms with Crippen LogP contribution in [0.15, 0.2) is 4.52 Å². The quantitative estimate of drug-likeness (QED) is 0.736. The number of alkyl halides is 2. The summed E-state index contributed by atoms with van der Waals surface area (Å²) < 4.78 is 33.5. The Kier molecular flexibility index (Phi) is 4.78. The molecule has 2 N–H and O–H groups in total. The van der Waals surface area contributed by atoms with Crippen LogP contribution in [0.25, 0.3) is 0 Å². The summed E-state index contributed by atoms with van der Waals surface area (Å²) in [5, 5.41) is 17.2. The first-order valence-corrected chi connectivity index (χ1v) is 6.22. The molecule has 1 aromatic heterocycles. The second kappa shape index (κ2) is 6.36. The topological polar surface area (TPSA) is 80.4 Å². The zero-order chi connectivity index (χ0) is 13.7. The summed E-state index contributed by atoms with van der Waals surface area (Å²) in [7, 11) is 0. The van der Waals surface area contributed by atoms with Gasteiger partial charge in [0.25, 0.3) is 12.3 Å². The Hall–Kier alpha value is -1.12. The van der Waals surface area contributed by atoms with Crippen LogP contribution in [0.3, 0.4) is 0 Å². The van der Waals surface area contributed by atoms with E-state index in [1.807, 2.05) is 0 Å². The monoisotopic (exact) mass is 277 g/mol. The molecule has 0 spiro atoms. The molecule has 2 heterocycles. The Morgan fingerprint density at radius 3 is 2.84 bits per heavy atom. The molecule has 1 aliphatic rings. The number of nitrogens with zero attached hydrogens (tertiary/aromatic N) is 2. The van der Waals surface area contributed by atoms with Gasteiger partial charge in [0.15, 0.2) is 5.82 Å². The van der Waals surface area contributed by atoms with Crippen molar-refractivity contribution >= 4 is 0 Å². The third kappa shape index (κ3) is 3.92. The molecule has 0 atom stereocenters. The lowest BCUT2D eigenvalue weighted by atomic mass is 9.92. The summed E-state index contributed by atoms with van der Waals surface area (Å²) in [5.74, 6) is 0.550. The van der Waals surface area contributed by atoms with Crippen molar-refractivity contribution in [2.75, 3.05) is 26.3 Å². The first-order chi connectivity index (χ1) is 9.10. The van der Waals surface area contributed by atoms with E-state index in [0.29, 0.717) is 31.8 Å². The number of hydrogen-bond donors (Lipinski definition) is 2. The molecular weight excluding hydrogens is 260 g/mol. The maximum atomic E-state index is 11.8. The highest BCUT2D eigenvalue weighted by Crippen LogP contribution is 2.28. The van der Waals surface area contributed by atoms with Crippen LogP contribution in [0.4, 0.5) is 8.78 Å². The van der Waals surface area contributed by atoms with Crippen molar-refractivity contribution in [2.24, 2.45) is 0 Å². The van der Waals surface area contributed by atoms with Crippen molar-refractivity contribution in [1.82, 2.24) is 15.5 Å². The molecule has 0 unspecified atom stereocenters. The van der Waals surface area contributed by atoms with E-state index in [0.717, 1.165) is 0 Å². The van der Waals surface area contributed by atoms with Gasteiger partial charge in [0.1, 0.15) is 12.2 Å². The van der Waals surface area contributed by atoms with E-state index in [-0.39, 0.29) is 18.9 Å². The van der Waals surface area contributed by atoms with E-state index >= 15 is 0 Å². The minimum Gasteiger partial charge on any atom is -0.380 e. The fraction of sp³-hybridized carbons (Fsp3) is 0.818. The largest absolute Gasteiger partial charge is 0.380 e. The maximum absolute atomic E-state index is 11.8. The first-order valence-electron chi connectivity index (χ1n) is 6.22. The molecule has 8 heteroatoms. The predicted octanol–water partition coefficient (Wildman–Crippen LogP) is 0.465. The Bertz CT molecular complexity index is 394. The zero-order valence-electron chi connectivity index (χ0n) is 10.4. The molecule has 1 fully saturated rings. The Labute approximate surface area is 109 Å². The molecule has 0 amide bonds. The van der Waals surface area contributed by atoms with Crippen molar-refractivity contribution in [3.63, 3.8) is 0 Å². The molecule has 0 radical (unpaired) electrons. The third-order valence-corrected chi connectivity index (χ3v) is 3.01. The zero-order valence-corrected chi connectivity index (χ0v) is 10.4. The molecule has 6 nitrogen and oxygen atoms in total. The fourth-order valence-corrected chi connectivity index (χ4v) is 1.93. The van der Waals surface area contributed by atoms with Gasteiger partial charge in [-0.1, -0.05) is 5.16 Å². The highest BCUT2D eigenvalue weighted by molar-refractivity contribution is 5.01. The number of halogens is 2. The van der Waals surface area contributed by atoms with E-state index in [9.17, 15) is 13.9 Å². The van der Waals surface area contributed by atoms with E-state index in [2.05, 4.69) is 15.5 Å². The summed E-state index contributed by atoms with van der Waals surface area (Å²) >= 11 is 0. The third-order valence-electron chi connectivity index (χ3n) is 3.01. The minimum atomic E-state index is -2.48. The molecule has 1 aromatic rings. The Morgan fingerprint density at radius 1 is 1.42 bits per heavy atom. The van der Waals surface area contributed by atoms with Crippen LogP contribution in [-0.2, 0) is 16.8 Å². The van der Waals surface area contributed by atoms with Crippen molar-refractivity contribution in [2.45, 2.75) is 31.3 Å². The number of nitrogens with one attached hydrogen (secondary N) is 1. The van der Waals surface area contributed by atoms with Crippen molar-refractivity contribution in [3.8, 4) is 0 Å². The Balaban J connectivity index is 1.84. The van der Waals surface area contributed by atoms with Gasteiger partial charge >= 0.3 is 0 Å². The van der Waals surface area contributed by atoms with Gasteiger partial charge < -0.3 is 19.7 Å². The summed E-state index contributed by atoms with van der Waals surface area (Å²) in [6.45, 7) is 0.876. The van der Waals surface area contributed by atoms with Gasteiger partial charge in [-0.05, 0) is 25.9 Å². The molecule has 19 heavy (non-hydrogen) atoms. The van der Waals surface area contributed by atoms with Crippen molar-refractivity contribution in [1.29, 1.82) is 0 Å². The standard InChI is InChI=1S/C11H17F2N3O3/c12-8(13)7-18-6-1-9-15-10(19-16-9)11(17)2-4-14-5-3-11/h8,14,17H,1-7H2. The molecule has 2 rings (SSSR count). The van der Waals surface area contributed by atoms with Gasteiger partial charge in [-0.15, -0.1) is 0 Å². The van der Waals surface area contributed by atoms with Gasteiger partial charge in [-0.3, -0.25) is 0 Å². The predicted molar refractivity (Wildman–Crippen MR) is 60.8 cm³/mol. The lowest BCUT2D eigenvalue weighted by Crippen LogP contribution is -2.39. The van der Waals surface area contributed by atoms with E-state index < -0.39 is 18.6 Å². The van der Waals surface area contributed by atoms with Gasteiger partial charge in [0.05, 0.1) is 6.61 Å². The smallest absolute Gasteiger partial charge is 0.261 e. The SMILES string of the molecule is OC1(c2nc(CCOCC(F)F)no2)CCNCC1. The average Bonchev–Trinajstić information content (AvgIpc) is 2.85. The number of ether oxygens (including phenoxy) is 1. The highest BCUT2D eigenvalue weighted by Gasteiger charge is 2.36. The number of hydrogen-bond acceptors (Lipinski definition) is 6. The number of rotatable bonds is 6. The van der Waals surface area contributed by atoms with Gasteiger partial charge in [-0.2, -0.15) is 4.98 Å². The van der Waals surface area contributed by atoms with Crippen LogP contribution in [-0.4, -0.2) is 48.0 Å². The molecule has 0 bridgehead atoms. The van der Waals surface area contributed by atoms with Crippen LogP contribution >= 0.6 is 0 Å². The average molecular weight is 277 g/mol. The number of piperidine rings is 1. The normalized spacial score (nSPS) is 18.9. The summed E-state index contributed by atoms with van der Waals surface area (Å²) in [5.41, 5.74) is -1.08. The van der Waals surface area contributed by atoms with E-state index in [1.165, 1.54) is 0 Å². The molecule has 108 valence electrons. The molecule has 0 aromatic carbocycles. The first kappa shape index (κ1) is 14.3.